The van der Waals surface area contributed by atoms with Crippen LogP contribution in [0.25, 0.3) is 0 Å². The first-order valence-electron chi connectivity index (χ1n) is 3.89. The molecule has 0 aliphatic carbocycles. The monoisotopic (exact) mass is 183 g/mol. The van der Waals surface area contributed by atoms with Gasteiger partial charge in [-0.15, -0.1) is 0 Å². The zero-order valence-corrected chi connectivity index (χ0v) is 6.90. The quantitative estimate of drug-likeness (QED) is 0.655. The molecule has 1 heterocycles. The fourth-order valence-corrected chi connectivity index (χ4v) is 1.44. The van der Waals surface area contributed by atoms with E-state index in [2.05, 4.69) is 5.32 Å². The molecule has 0 bridgehead atoms. The summed E-state index contributed by atoms with van der Waals surface area (Å²) in [5.41, 5.74) is 0.501. The van der Waals surface area contributed by atoms with Crippen LogP contribution in [0.15, 0.2) is 12.1 Å². The third-order valence-corrected chi connectivity index (χ3v) is 2.19. The number of halogens is 2. The molecule has 1 amide bonds. The molecule has 2 nitrogen and oxygen atoms in total. The Morgan fingerprint density at radius 3 is 2.77 bits per heavy atom. The van der Waals surface area contributed by atoms with Crippen molar-refractivity contribution < 1.29 is 13.6 Å². The number of hydrogen-bond donors (Lipinski definition) is 1. The molecule has 1 N–H and O–H groups in total. The molecule has 0 fully saturated rings. The Balaban J connectivity index is 2.63. The van der Waals surface area contributed by atoms with Crippen LogP contribution >= 0.6 is 0 Å². The lowest BCUT2D eigenvalue weighted by atomic mass is 10.0. The topological polar surface area (TPSA) is 29.1 Å². The molecular weight excluding hydrogens is 176 g/mol. The number of nitrogens with one attached hydrogen (secondary N) is 1. The highest BCUT2D eigenvalue weighted by Gasteiger charge is 2.29. The van der Waals surface area contributed by atoms with Gasteiger partial charge in [-0.25, -0.2) is 8.78 Å². The molecular formula is C9H7F2NO. The zero-order valence-electron chi connectivity index (χ0n) is 6.90. The van der Waals surface area contributed by atoms with Gasteiger partial charge in [-0.2, -0.15) is 0 Å². The number of rotatable bonds is 0. The molecule has 1 atom stereocenters. The van der Waals surface area contributed by atoms with Crippen LogP contribution in [0.3, 0.4) is 0 Å². The first-order valence-corrected chi connectivity index (χ1v) is 3.89. The van der Waals surface area contributed by atoms with Crippen molar-refractivity contribution in [2.75, 3.05) is 5.32 Å². The summed E-state index contributed by atoms with van der Waals surface area (Å²) >= 11 is 0. The van der Waals surface area contributed by atoms with Crippen molar-refractivity contribution in [1.29, 1.82) is 0 Å². The number of carbonyl (C=O) groups is 1. The number of anilines is 1. The maximum atomic E-state index is 13.0. The second-order valence-corrected chi connectivity index (χ2v) is 3.06. The summed E-state index contributed by atoms with van der Waals surface area (Å²) in [7, 11) is 0. The third kappa shape index (κ3) is 1.09. The van der Waals surface area contributed by atoms with Crippen LogP contribution < -0.4 is 5.32 Å². The second-order valence-electron chi connectivity index (χ2n) is 3.06. The number of amides is 1. The molecule has 0 unspecified atom stereocenters. The molecule has 0 radical (unpaired) electrons. The van der Waals surface area contributed by atoms with Gasteiger partial charge in [0.05, 0.1) is 11.6 Å². The molecule has 1 aliphatic rings. The number of fused-ring (bicyclic) bond motifs is 1. The van der Waals surface area contributed by atoms with Crippen molar-refractivity contribution in [2.24, 2.45) is 0 Å². The van der Waals surface area contributed by atoms with Crippen molar-refractivity contribution in [3.05, 3.63) is 29.3 Å². The van der Waals surface area contributed by atoms with E-state index in [0.717, 1.165) is 6.07 Å². The highest BCUT2D eigenvalue weighted by Crippen LogP contribution is 2.34. The predicted molar refractivity (Wildman–Crippen MR) is 43.4 cm³/mol. The van der Waals surface area contributed by atoms with Crippen LogP contribution in [-0.2, 0) is 4.79 Å². The second kappa shape index (κ2) is 2.52. The van der Waals surface area contributed by atoms with Gasteiger partial charge in [-0.3, -0.25) is 4.79 Å². The lowest BCUT2D eigenvalue weighted by Gasteiger charge is -2.01. The van der Waals surface area contributed by atoms with Gasteiger partial charge in [0, 0.05) is 6.07 Å². The molecule has 0 spiro atoms. The fraction of sp³-hybridized carbons (Fsp3) is 0.222. The number of benzene rings is 1. The first-order chi connectivity index (χ1) is 6.09. The van der Waals surface area contributed by atoms with Crippen LogP contribution in [0, 0.1) is 11.6 Å². The van der Waals surface area contributed by atoms with Gasteiger partial charge in [0.15, 0.2) is 0 Å². The van der Waals surface area contributed by atoms with Gasteiger partial charge in [0.1, 0.15) is 11.6 Å². The SMILES string of the molecule is C[C@@H]1C(=O)Nc2c(F)cc(F)cc21. The van der Waals surface area contributed by atoms with Crippen LogP contribution in [0.4, 0.5) is 14.5 Å². The highest BCUT2D eigenvalue weighted by molar-refractivity contribution is 6.02. The van der Waals surface area contributed by atoms with Crippen LogP contribution in [0.1, 0.15) is 18.4 Å². The summed E-state index contributed by atoms with van der Waals surface area (Å²) in [6.07, 6.45) is 0. The average molecular weight is 183 g/mol. The van der Waals surface area contributed by atoms with Crippen molar-refractivity contribution >= 4 is 11.6 Å². The van der Waals surface area contributed by atoms with Crippen LogP contribution in [0.5, 0.6) is 0 Å². The molecule has 13 heavy (non-hydrogen) atoms. The molecule has 0 aromatic heterocycles. The zero-order chi connectivity index (χ0) is 9.59. The Labute approximate surface area is 73.6 Å². The van der Waals surface area contributed by atoms with Gasteiger partial charge in [0.25, 0.3) is 0 Å². The predicted octanol–water partition coefficient (Wildman–Crippen LogP) is 2.02. The molecule has 0 saturated heterocycles. The van der Waals surface area contributed by atoms with E-state index in [1.165, 1.54) is 6.07 Å². The summed E-state index contributed by atoms with van der Waals surface area (Å²) in [6, 6.07) is 1.94. The Kier molecular flexibility index (Phi) is 1.58. The smallest absolute Gasteiger partial charge is 0.231 e. The first kappa shape index (κ1) is 8.16. The lowest BCUT2D eigenvalue weighted by molar-refractivity contribution is -0.116. The van der Waals surface area contributed by atoms with E-state index in [0.29, 0.717) is 5.56 Å². The molecule has 68 valence electrons. The van der Waals surface area contributed by atoms with E-state index < -0.39 is 17.6 Å². The van der Waals surface area contributed by atoms with Gasteiger partial charge in [0.2, 0.25) is 5.91 Å². The fourth-order valence-electron chi connectivity index (χ4n) is 1.44. The van der Waals surface area contributed by atoms with Gasteiger partial charge < -0.3 is 5.32 Å². The molecule has 1 aromatic rings. The van der Waals surface area contributed by atoms with E-state index in [-0.39, 0.29) is 11.6 Å². The van der Waals surface area contributed by atoms with E-state index >= 15 is 0 Å². The molecule has 2 rings (SSSR count). The van der Waals surface area contributed by atoms with E-state index in [4.69, 9.17) is 0 Å². The summed E-state index contributed by atoms with van der Waals surface area (Å²) in [6.45, 7) is 1.61. The standard InChI is InChI=1S/C9H7F2NO/c1-4-6-2-5(10)3-7(11)8(6)12-9(4)13/h2-4H,1H3,(H,12,13)/t4-/m0/s1. The average Bonchev–Trinajstić information content (AvgIpc) is 2.32. The van der Waals surface area contributed by atoms with Gasteiger partial charge in [-0.05, 0) is 18.6 Å². The Morgan fingerprint density at radius 2 is 2.08 bits per heavy atom. The molecule has 1 aromatic carbocycles. The highest BCUT2D eigenvalue weighted by atomic mass is 19.1. The Bertz CT molecular complexity index is 389. The summed E-state index contributed by atoms with van der Waals surface area (Å²) < 4.78 is 25.8. The number of hydrogen-bond acceptors (Lipinski definition) is 1. The Morgan fingerprint density at radius 1 is 1.38 bits per heavy atom. The van der Waals surface area contributed by atoms with Crippen LogP contribution in [0.2, 0.25) is 0 Å². The molecule has 1 aliphatic heterocycles. The minimum Gasteiger partial charge on any atom is -0.323 e. The molecule has 4 heteroatoms. The van der Waals surface area contributed by atoms with Crippen molar-refractivity contribution in [3.8, 4) is 0 Å². The summed E-state index contributed by atoms with van der Waals surface area (Å²) in [5, 5.41) is 2.36. The number of carbonyl (C=O) groups excluding carboxylic acids is 1. The maximum Gasteiger partial charge on any atom is 0.231 e. The third-order valence-electron chi connectivity index (χ3n) is 2.19. The van der Waals surface area contributed by atoms with E-state index in [9.17, 15) is 13.6 Å². The Hall–Kier alpha value is -1.45. The normalized spacial score (nSPS) is 19.9. The van der Waals surface area contributed by atoms with Gasteiger partial charge >= 0.3 is 0 Å². The molecule has 0 saturated carbocycles. The van der Waals surface area contributed by atoms with E-state index in [1.54, 1.807) is 6.92 Å². The minimum atomic E-state index is -0.715. The van der Waals surface area contributed by atoms with Crippen LogP contribution in [-0.4, -0.2) is 5.91 Å². The summed E-state index contributed by atoms with van der Waals surface area (Å²) in [5.74, 6) is -2.13. The summed E-state index contributed by atoms with van der Waals surface area (Å²) in [4.78, 5) is 11.1. The largest absolute Gasteiger partial charge is 0.323 e. The maximum absolute atomic E-state index is 13.0. The van der Waals surface area contributed by atoms with Crippen molar-refractivity contribution in [2.45, 2.75) is 12.8 Å². The van der Waals surface area contributed by atoms with Crippen molar-refractivity contribution in [3.63, 3.8) is 0 Å². The van der Waals surface area contributed by atoms with Crippen molar-refractivity contribution in [1.82, 2.24) is 0 Å². The lowest BCUT2D eigenvalue weighted by Crippen LogP contribution is -2.08. The van der Waals surface area contributed by atoms with Gasteiger partial charge in [-0.1, -0.05) is 0 Å². The minimum absolute atomic E-state index is 0.110. The van der Waals surface area contributed by atoms with E-state index in [1.807, 2.05) is 0 Å².